The van der Waals surface area contributed by atoms with Gasteiger partial charge in [0, 0.05) is 23.3 Å². The molecule has 2 aromatic heterocycles. The van der Waals surface area contributed by atoms with Gasteiger partial charge in [0.25, 0.3) is 5.91 Å². The summed E-state index contributed by atoms with van der Waals surface area (Å²) < 4.78 is 17.0. The van der Waals surface area contributed by atoms with Gasteiger partial charge in [-0.05, 0) is 35.0 Å². The Morgan fingerprint density at radius 3 is 2.86 bits per heavy atom. The summed E-state index contributed by atoms with van der Waals surface area (Å²) in [7, 11) is 0. The molecule has 3 aromatic rings. The van der Waals surface area contributed by atoms with Crippen molar-refractivity contribution in [1.82, 2.24) is 19.6 Å². The SMILES string of the molecule is CCn1ncc([N+](=O)[O-])c1C(=O)Nc1nn(Cc2c(F)cccc2Cl)cc1Br. The second-order valence-corrected chi connectivity index (χ2v) is 6.89. The van der Waals surface area contributed by atoms with Gasteiger partial charge >= 0.3 is 5.69 Å². The molecule has 0 aliphatic heterocycles. The molecule has 3 rings (SSSR count). The lowest BCUT2D eigenvalue weighted by molar-refractivity contribution is -0.385. The van der Waals surface area contributed by atoms with Gasteiger partial charge in [-0.15, -0.1) is 0 Å². The van der Waals surface area contributed by atoms with Crippen LogP contribution >= 0.6 is 27.5 Å². The van der Waals surface area contributed by atoms with Crippen LogP contribution in [0.3, 0.4) is 0 Å². The Morgan fingerprint density at radius 1 is 1.46 bits per heavy atom. The highest BCUT2D eigenvalue weighted by Crippen LogP contribution is 2.25. The summed E-state index contributed by atoms with van der Waals surface area (Å²) in [6, 6.07) is 4.34. The fraction of sp³-hybridized carbons (Fsp3) is 0.188. The van der Waals surface area contributed by atoms with E-state index in [0.29, 0.717) is 4.47 Å². The molecule has 0 fully saturated rings. The zero-order valence-electron chi connectivity index (χ0n) is 14.4. The number of hydrogen-bond donors (Lipinski definition) is 1. The Balaban J connectivity index is 1.86. The second kappa shape index (κ2) is 8.07. The molecule has 28 heavy (non-hydrogen) atoms. The van der Waals surface area contributed by atoms with Gasteiger partial charge < -0.3 is 5.32 Å². The number of nitrogens with zero attached hydrogens (tertiary/aromatic N) is 5. The summed E-state index contributed by atoms with van der Waals surface area (Å²) >= 11 is 9.28. The van der Waals surface area contributed by atoms with Crippen molar-refractivity contribution in [1.29, 1.82) is 0 Å². The van der Waals surface area contributed by atoms with Gasteiger partial charge in [-0.3, -0.25) is 24.3 Å². The maximum Gasteiger partial charge on any atom is 0.320 e. The molecule has 1 aromatic carbocycles. The number of hydrogen-bond acceptors (Lipinski definition) is 5. The van der Waals surface area contributed by atoms with Crippen LogP contribution in [0.25, 0.3) is 0 Å². The highest BCUT2D eigenvalue weighted by molar-refractivity contribution is 9.10. The van der Waals surface area contributed by atoms with E-state index in [0.717, 1.165) is 6.20 Å². The van der Waals surface area contributed by atoms with Gasteiger partial charge in [0.1, 0.15) is 12.0 Å². The van der Waals surface area contributed by atoms with Crippen molar-refractivity contribution in [3.63, 3.8) is 0 Å². The van der Waals surface area contributed by atoms with Crippen LogP contribution in [-0.4, -0.2) is 30.4 Å². The van der Waals surface area contributed by atoms with Crippen LogP contribution in [0.4, 0.5) is 15.9 Å². The molecule has 0 saturated heterocycles. The zero-order valence-corrected chi connectivity index (χ0v) is 16.7. The van der Waals surface area contributed by atoms with E-state index in [4.69, 9.17) is 11.6 Å². The summed E-state index contributed by atoms with van der Waals surface area (Å²) in [5, 5.41) is 21.9. The molecule has 0 aliphatic carbocycles. The summed E-state index contributed by atoms with van der Waals surface area (Å²) in [4.78, 5) is 23.0. The lowest BCUT2D eigenvalue weighted by Gasteiger charge is -2.06. The summed E-state index contributed by atoms with van der Waals surface area (Å²) in [5.74, 6) is -1.09. The lowest BCUT2D eigenvalue weighted by atomic mass is 10.2. The molecule has 0 spiro atoms. The normalized spacial score (nSPS) is 10.9. The highest BCUT2D eigenvalue weighted by atomic mass is 79.9. The van der Waals surface area contributed by atoms with E-state index in [2.05, 4.69) is 31.4 Å². The zero-order chi connectivity index (χ0) is 20.4. The van der Waals surface area contributed by atoms with Crippen LogP contribution in [0.2, 0.25) is 5.02 Å². The monoisotopic (exact) mass is 470 g/mol. The first-order valence-corrected chi connectivity index (χ1v) is 9.16. The van der Waals surface area contributed by atoms with Gasteiger partial charge in [0.2, 0.25) is 5.69 Å². The fourth-order valence-corrected chi connectivity index (χ4v) is 3.19. The second-order valence-electron chi connectivity index (χ2n) is 5.63. The third-order valence-corrected chi connectivity index (χ3v) is 4.80. The number of benzene rings is 1. The van der Waals surface area contributed by atoms with Crippen LogP contribution in [0.5, 0.6) is 0 Å². The van der Waals surface area contributed by atoms with Gasteiger partial charge in [-0.2, -0.15) is 10.2 Å². The average Bonchev–Trinajstić information content (AvgIpc) is 3.22. The van der Waals surface area contributed by atoms with E-state index in [1.807, 2.05) is 0 Å². The molecule has 0 bridgehead atoms. The maximum absolute atomic E-state index is 14.0. The predicted molar refractivity (Wildman–Crippen MR) is 103 cm³/mol. The average molecular weight is 472 g/mol. The number of halogens is 3. The van der Waals surface area contributed by atoms with Crippen molar-refractivity contribution in [3.8, 4) is 0 Å². The molecule has 1 amide bonds. The van der Waals surface area contributed by atoms with E-state index in [1.54, 1.807) is 13.0 Å². The van der Waals surface area contributed by atoms with Crippen molar-refractivity contribution < 1.29 is 14.1 Å². The predicted octanol–water partition coefficient (Wildman–Crippen LogP) is 3.86. The van der Waals surface area contributed by atoms with Crippen LogP contribution in [0.1, 0.15) is 23.0 Å². The Hall–Kier alpha value is -2.79. The van der Waals surface area contributed by atoms with E-state index in [1.165, 1.54) is 27.7 Å². The number of aryl methyl sites for hydroxylation is 1. The minimum atomic E-state index is -0.735. The molecule has 2 heterocycles. The van der Waals surface area contributed by atoms with E-state index in [9.17, 15) is 19.3 Å². The topological polar surface area (TPSA) is 108 Å². The van der Waals surface area contributed by atoms with Crippen molar-refractivity contribution in [2.75, 3.05) is 5.32 Å². The van der Waals surface area contributed by atoms with Crippen LogP contribution in [-0.2, 0) is 13.1 Å². The standard InChI is InChI=1S/C16H13BrClFN6O3/c1-2-24-14(13(6-20-24)25(27)28)16(26)21-15-10(17)8-23(22-15)7-9-11(18)4-3-5-12(9)19/h3-6,8H,2,7H2,1H3,(H,21,22,26). The van der Waals surface area contributed by atoms with Gasteiger partial charge in [-0.25, -0.2) is 4.39 Å². The number of rotatable bonds is 6. The molecule has 0 unspecified atom stereocenters. The maximum atomic E-state index is 14.0. The molecular formula is C16H13BrClFN6O3. The number of aromatic nitrogens is 4. The smallest absolute Gasteiger partial charge is 0.303 e. The van der Waals surface area contributed by atoms with Crippen LogP contribution in [0, 0.1) is 15.9 Å². The molecule has 0 atom stereocenters. The number of nitro groups is 1. The quantitative estimate of drug-likeness (QED) is 0.434. The number of carbonyl (C=O) groups excluding carboxylic acids is 1. The van der Waals surface area contributed by atoms with Crippen LogP contribution in [0.15, 0.2) is 35.1 Å². The minimum absolute atomic E-state index is 0.0347. The third-order valence-electron chi connectivity index (χ3n) is 3.86. The molecule has 0 saturated carbocycles. The van der Waals surface area contributed by atoms with E-state index < -0.39 is 22.3 Å². The first-order valence-electron chi connectivity index (χ1n) is 7.99. The highest BCUT2D eigenvalue weighted by Gasteiger charge is 2.27. The first-order chi connectivity index (χ1) is 13.3. The van der Waals surface area contributed by atoms with E-state index in [-0.39, 0.29) is 35.2 Å². The summed E-state index contributed by atoms with van der Waals surface area (Å²) in [6.45, 7) is 2.02. The largest absolute Gasteiger partial charge is 0.320 e. The Morgan fingerprint density at radius 2 is 2.21 bits per heavy atom. The van der Waals surface area contributed by atoms with Crippen molar-refractivity contribution in [2.45, 2.75) is 20.0 Å². The fourth-order valence-electron chi connectivity index (χ4n) is 2.56. The Labute approximate surface area is 171 Å². The minimum Gasteiger partial charge on any atom is -0.303 e. The van der Waals surface area contributed by atoms with Crippen molar-refractivity contribution in [3.05, 3.63) is 67.3 Å². The summed E-state index contributed by atoms with van der Waals surface area (Å²) in [5.41, 5.74) is -0.351. The Kier molecular flexibility index (Phi) is 5.75. The third kappa shape index (κ3) is 3.90. The van der Waals surface area contributed by atoms with Gasteiger partial charge in [0.05, 0.1) is 15.9 Å². The van der Waals surface area contributed by atoms with Gasteiger partial charge in [-0.1, -0.05) is 17.7 Å². The number of carbonyl (C=O) groups is 1. The van der Waals surface area contributed by atoms with E-state index >= 15 is 0 Å². The number of amides is 1. The molecule has 0 aliphatic rings. The molecule has 146 valence electrons. The summed E-state index contributed by atoms with van der Waals surface area (Å²) in [6.07, 6.45) is 2.55. The van der Waals surface area contributed by atoms with Gasteiger partial charge in [0.15, 0.2) is 5.82 Å². The molecular weight excluding hydrogens is 459 g/mol. The lowest BCUT2D eigenvalue weighted by Crippen LogP contribution is -2.19. The number of anilines is 1. The van der Waals surface area contributed by atoms with Crippen molar-refractivity contribution >= 4 is 44.9 Å². The molecule has 9 nitrogen and oxygen atoms in total. The molecule has 12 heteroatoms. The first kappa shape index (κ1) is 20.0. The van der Waals surface area contributed by atoms with Crippen molar-refractivity contribution in [2.24, 2.45) is 0 Å². The molecule has 1 N–H and O–H groups in total. The molecule has 0 radical (unpaired) electrons. The van der Waals surface area contributed by atoms with Crippen LogP contribution < -0.4 is 5.32 Å². The Bertz CT molecular complexity index is 1050. The number of nitrogens with one attached hydrogen (secondary N) is 1.